The number of pyridine rings is 1. The topological polar surface area (TPSA) is 64.1 Å². The summed E-state index contributed by atoms with van der Waals surface area (Å²) in [5.74, 6) is 0.314. The third-order valence-electron chi connectivity index (χ3n) is 3.78. The molecule has 0 bridgehead atoms. The Morgan fingerprint density at radius 2 is 2.15 bits per heavy atom. The highest BCUT2D eigenvalue weighted by atomic mass is 32.2. The molecule has 3 rings (SSSR count). The molecule has 5 heteroatoms. The van der Waals surface area contributed by atoms with Gasteiger partial charge in [0.2, 0.25) is 0 Å². The van der Waals surface area contributed by atoms with Crippen molar-refractivity contribution < 1.29 is 13.2 Å². The van der Waals surface area contributed by atoms with E-state index in [4.69, 9.17) is 0 Å². The minimum Gasteiger partial charge on any atom is -0.294 e. The largest absolute Gasteiger partial charge is 0.294 e. The fraction of sp³-hybridized carbons (Fsp3) is 0.333. The van der Waals surface area contributed by atoms with Gasteiger partial charge in [-0.2, -0.15) is 0 Å². The Labute approximate surface area is 117 Å². The van der Waals surface area contributed by atoms with Gasteiger partial charge in [0.1, 0.15) is 0 Å². The Balaban J connectivity index is 1.86. The van der Waals surface area contributed by atoms with Crippen molar-refractivity contribution in [3.63, 3.8) is 0 Å². The fourth-order valence-electron chi connectivity index (χ4n) is 2.76. The Hall–Kier alpha value is -1.75. The standard InChI is InChI=1S/C15H15NO3S/c17-15(8-11-5-7-20(18,19)10-11)13-3-1-2-12-4-6-16-9-14(12)13/h1-4,6,9,11H,5,7-8,10H2. The van der Waals surface area contributed by atoms with Gasteiger partial charge in [0.25, 0.3) is 0 Å². The van der Waals surface area contributed by atoms with Crippen LogP contribution in [0.4, 0.5) is 0 Å². The second-order valence-electron chi connectivity index (χ2n) is 5.30. The molecule has 20 heavy (non-hydrogen) atoms. The highest BCUT2D eigenvalue weighted by molar-refractivity contribution is 7.91. The number of hydrogen-bond donors (Lipinski definition) is 0. The van der Waals surface area contributed by atoms with Crippen molar-refractivity contribution in [3.8, 4) is 0 Å². The molecule has 1 aromatic carbocycles. The van der Waals surface area contributed by atoms with Crippen LogP contribution >= 0.6 is 0 Å². The fourth-order valence-corrected chi connectivity index (χ4v) is 4.62. The summed E-state index contributed by atoms with van der Waals surface area (Å²) >= 11 is 0. The zero-order chi connectivity index (χ0) is 14.2. The van der Waals surface area contributed by atoms with Crippen LogP contribution in [-0.4, -0.2) is 30.7 Å². The molecule has 1 aromatic heterocycles. The maximum Gasteiger partial charge on any atom is 0.163 e. The Kier molecular flexibility index (Phi) is 3.30. The van der Waals surface area contributed by atoms with E-state index in [1.807, 2.05) is 18.2 Å². The van der Waals surface area contributed by atoms with Gasteiger partial charge in [0, 0.05) is 29.8 Å². The molecule has 2 aromatic rings. The van der Waals surface area contributed by atoms with Crippen LogP contribution in [0.3, 0.4) is 0 Å². The summed E-state index contributed by atoms with van der Waals surface area (Å²) < 4.78 is 22.9. The number of ketones is 1. The number of Topliss-reactive ketones (excluding diaryl/α,β-unsaturated/α-hetero) is 1. The molecule has 104 valence electrons. The SMILES string of the molecule is O=C(CC1CCS(=O)(=O)C1)c1cccc2ccncc12. The lowest BCUT2D eigenvalue weighted by Crippen LogP contribution is -2.11. The molecule has 0 spiro atoms. The lowest BCUT2D eigenvalue weighted by molar-refractivity contribution is 0.0967. The van der Waals surface area contributed by atoms with E-state index in [-0.39, 0.29) is 23.2 Å². The van der Waals surface area contributed by atoms with E-state index in [9.17, 15) is 13.2 Å². The maximum atomic E-state index is 12.4. The number of aromatic nitrogens is 1. The number of benzene rings is 1. The normalized spacial score (nSPS) is 21.1. The number of rotatable bonds is 3. The molecule has 0 saturated carbocycles. The van der Waals surface area contributed by atoms with Gasteiger partial charge in [-0.15, -0.1) is 0 Å². The van der Waals surface area contributed by atoms with Gasteiger partial charge in [-0.25, -0.2) is 8.42 Å². The molecule has 1 aliphatic rings. The van der Waals surface area contributed by atoms with Gasteiger partial charge < -0.3 is 0 Å². The first kappa shape index (κ1) is 13.2. The van der Waals surface area contributed by atoms with Gasteiger partial charge in [0.05, 0.1) is 11.5 Å². The molecule has 1 aliphatic heterocycles. The van der Waals surface area contributed by atoms with Crippen molar-refractivity contribution in [2.75, 3.05) is 11.5 Å². The lowest BCUT2D eigenvalue weighted by atomic mass is 9.95. The molecule has 0 N–H and O–H groups in total. The van der Waals surface area contributed by atoms with Crippen molar-refractivity contribution in [1.29, 1.82) is 0 Å². The van der Waals surface area contributed by atoms with Gasteiger partial charge in [0.15, 0.2) is 15.6 Å². The minimum absolute atomic E-state index is 0.00528. The zero-order valence-corrected chi connectivity index (χ0v) is 11.8. The quantitative estimate of drug-likeness (QED) is 0.813. The van der Waals surface area contributed by atoms with Gasteiger partial charge >= 0.3 is 0 Å². The number of carbonyl (C=O) groups is 1. The number of hydrogen-bond acceptors (Lipinski definition) is 4. The lowest BCUT2D eigenvalue weighted by Gasteiger charge is -2.08. The van der Waals surface area contributed by atoms with E-state index in [0.29, 0.717) is 18.4 Å². The highest BCUT2D eigenvalue weighted by Gasteiger charge is 2.29. The summed E-state index contributed by atoms with van der Waals surface area (Å²) in [6.45, 7) is 0. The maximum absolute atomic E-state index is 12.4. The molecule has 4 nitrogen and oxygen atoms in total. The van der Waals surface area contributed by atoms with E-state index < -0.39 is 9.84 Å². The van der Waals surface area contributed by atoms with Crippen molar-refractivity contribution in [2.24, 2.45) is 5.92 Å². The highest BCUT2D eigenvalue weighted by Crippen LogP contribution is 2.25. The van der Waals surface area contributed by atoms with Crippen LogP contribution in [0.15, 0.2) is 36.7 Å². The number of carbonyl (C=O) groups excluding carboxylic acids is 1. The predicted molar refractivity (Wildman–Crippen MR) is 77.5 cm³/mol. The van der Waals surface area contributed by atoms with Crippen molar-refractivity contribution in [2.45, 2.75) is 12.8 Å². The summed E-state index contributed by atoms with van der Waals surface area (Å²) in [7, 11) is -2.93. The molecule has 1 saturated heterocycles. The molecule has 1 atom stereocenters. The van der Waals surface area contributed by atoms with E-state index in [1.165, 1.54) is 0 Å². The molecule has 2 heterocycles. The molecule has 0 radical (unpaired) electrons. The van der Waals surface area contributed by atoms with Gasteiger partial charge in [-0.1, -0.05) is 18.2 Å². The van der Waals surface area contributed by atoms with Crippen LogP contribution in [0, 0.1) is 5.92 Å². The Morgan fingerprint density at radius 3 is 2.90 bits per heavy atom. The van der Waals surface area contributed by atoms with E-state index in [1.54, 1.807) is 18.5 Å². The van der Waals surface area contributed by atoms with E-state index >= 15 is 0 Å². The zero-order valence-electron chi connectivity index (χ0n) is 11.0. The van der Waals surface area contributed by atoms with Crippen molar-refractivity contribution >= 4 is 26.4 Å². The van der Waals surface area contributed by atoms with Crippen LogP contribution < -0.4 is 0 Å². The summed E-state index contributed by atoms with van der Waals surface area (Å²) in [6.07, 6.45) is 4.28. The second kappa shape index (κ2) is 4.98. The summed E-state index contributed by atoms with van der Waals surface area (Å²) in [5.41, 5.74) is 0.639. The Morgan fingerprint density at radius 1 is 1.30 bits per heavy atom. The van der Waals surface area contributed by atoms with Crippen LogP contribution in [-0.2, 0) is 9.84 Å². The first-order chi connectivity index (χ1) is 9.55. The van der Waals surface area contributed by atoms with Gasteiger partial charge in [-0.05, 0) is 23.8 Å². The minimum atomic E-state index is -2.93. The van der Waals surface area contributed by atoms with Crippen LogP contribution in [0.25, 0.3) is 10.8 Å². The third-order valence-corrected chi connectivity index (χ3v) is 5.62. The van der Waals surface area contributed by atoms with E-state index in [2.05, 4.69) is 4.98 Å². The number of sulfone groups is 1. The first-order valence-electron chi connectivity index (χ1n) is 6.61. The predicted octanol–water partition coefficient (Wildman–Crippen LogP) is 2.24. The van der Waals surface area contributed by atoms with E-state index in [0.717, 1.165) is 10.8 Å². The summed E-state index contributed by atoms with van der Waals surface area (Å²) in [5, 5.41) is 1.81. The van der Waals surface area contributed by atoms with Crippen molar-refractivity contribution in [1.82, 2.24) is 4.98 Å². The average Bonchev–Trinajstić information content (AvgIpc) is 2.77. The van der Waals surface area contributed by atoms with Crippen LogP contribution in [0.5, 0.6) is 0 Å². The smallest absolute Gasteiger partial charge is 0.163 e. The Bertz CT molecular complexity index is 762. The molecule has 0 amide bonds. The average molecular weight is 289 g/mol. The second-order valence-corrected chi connectivity index (χ2v) is 7.53. The molecular weight excluding hydrogens is 274 g/mol. The number of nitrogens with zero attached hydrogens (tertiary/aromatic N) is 1. The van der Waals surface area contributed by atoms with Crippen LogP contribution in [0.2, 0.25) is 0 Å². The monoisotopic (exact) mass is 289 g/mol. The summed E-state index contributed by atoms with van der Waals surface area (Å²) in [6, 6.07) is 7.44. The molecular formula is C15H15NO3S. The molecule has 0 aliphatic carbocycles. The van der Waals surface area contributed by atoms with Gasteiger partial charge in [-0.3, -0.25) is 9.78 Å². The first-order valence-corrected chi connectivity index (χ1v) is 8.44. The van der Waals surface area contributed by atoms with Crippen molar-refractivity contribution in [3.05, 3.63) is 42.2 Å². The number of fused-ring (bicyclic) bond motifs is 1. The molecule has 1 fully saturated rings. The third kappa shape index (κ3) is 2.58. The molecule has 1 unspecified atom stereocenters. The van der Waals surface area contributed by atoms with Crippen LogP contribution in [0.1, 0.15) is 23.2 Å². The summed E-state index contributed by atoms with van der Waals surface area (Å²) in [4.78, 5) is 16.5.